The van der Waals surface area contributed by atoms with E-state index in [0.717, 1.165) is 24.7 Å². The molecule has 0 aliphatic heterocycles. The lowest BCUT2D eigenvalue weighted by Crippen LogP contribution is -2.14. The molecule has 0 spiro atoms. The van der Waals surface area contributed by atoms with Crippen molar-refractivity contribution in [1.82, 2.24) is 0 Å². The summed E-state index contributed by atoms with van der Waals surface area (Å²) < 4.78 is 3.00. The average molecular weight is 450 g/mol. The Kier molecular flexibility index (Phi) is 5.45. The highest BCUT2D eigenvalue weighted by atomic mass is 79.9. The summed E-state index contributed by atoms with van der Waals surface area (Å²) in [5, 5.41) is 12.9. The van der Waals surface area contributed by atoms with Gasteiger partial charge in [-0.25, -0.2) is 0 Å². The Labute approximate surface area is 137 Å². The van der Waals surface area contributed by atoms with Crippen LogP contribution in [0, 0.1) is 0 Å². The quantitative estimate of drug-likeness (QED) is 0.679. The maximum atomic E-state index is 9.56. The van der Waals surface area contributed by atoms with Crippen molar-refractivity contribution in [3.8, 4) is 0 Å². The number of halogens is 3. The monoisotopic (exact) mass is 447 g/mol. The average Bonchev–Trinajstić information content (AvgIpc) is 2.41. The first-order chi connectivity index (χ1) is 9.10. The van der Waals surface area contributed by atoms with Crippen LogP contribution in [-0.2, 0) is 0 Å². The van der Waals surface area contributed by atoms with Gasteiger partial charge in [-0.1, -0.05) is 22.0 Å². The fraction of sp³-hybridized carbons (Fsp3) is 0.143. The predicted molar refractivity (Wildman–Crippen MR) is 89.4 cm³/mol. The summed E-state index contributed by atoms with van der Waals surface area (Å²) in [5.41, 5.74) is 2.00. The molecular formula is C14H12Br3NO. The van der Waals surface area contributed by atoms with E-state index in [9.17, 15) is 5.11 Å². The molecule has 2 rings (SSSR count). The van der Waals surface area contributed by atoms with E-state index in [0.29, 0.717) is 0 Å². The van der Waals surface area contributed by atoms with E-state index in [1.165, 1.54) is 0 Å². The molecule has 1 atom stereocenters. The highest BCUT2D eigenvalue weighted by Crippen LogP contribution is 2.28. The van der Waals surface area contributed by atoms with E-state index in [-0.39, 0.29) is 12.6 Å². The number of aliphatic hydroxyl groups is 1. The van der Waals surface area contributed by atoms with Crippen LogP contribution in [0.4, 0.5) is 5.69 Å². The SMILES string of the molecule is OCC(Nc1ccc(Br)cc1)c1ccc(Br)c(Br)c1. The minimum Gasteiger partial charge on any atom is -0.394 e. The first-order valence-electron chi connectivity index (χ1n) is 5.68. The molecule has 0 radical (unpaired) electrons. The van der Waals surface area contributed by atoms with Crippen LogP contribution in [0.2, 0.25) is 0 Å². The van der Waals surface area contributed by atoms with Gasteiger partial charge in [0.25, 0.3) is 0 Å². The molecule has 0 heterocycles. The Morgan fingerprint density at radius 2 is 1.63 bits per heavy atom. The predicted octanol–water partition coefficient (Wildman–Crippen LogP) is 5.12. The van der Waals surface area contributed by atoms with E-state index < -0.39 is 0 Å². The van der Waals surface area contributed by atoms with Crippen molar-refractivity contribution < 1.29 is 5.11 Å². The summed E-state index contributed by atoms with van der Waals surface area (Å²) >= 11 is 10.3. The van der Waals surface area contributed by atoms with Crippen LogP contribution in [-0.4, -0.2) is 11.7 Å². The molecule has 0 bridgehead atoms. The number of hydrogen-bond donors (Lipinski definition) is 2. The lowest BCUT2D eigenvalue weighted by molar-refractivity contribution is 0.276. The first-order valence-corrected chi connectivity index (χ1v) is 8.06. The molecule has 0 aromatic heterocycles. The van der Waals surface area contributed by atoms with Crippen LogP contribution in [0.1, 0.15) is 11.6 Å². The van der Waals surface area contributed by atoms with E-state index in [4.69, 9.17) is 0 Å². The van der Waals surface area contributed by atoms with Crippen molar-refractivity contribution in [2.45, 2.75) is 6.04 Å². The second kappa shape index (κ2) is 6.88. The van der Waals surface area contributed by atoms with E-state index >= 15 is 0 Å². The number of aliphatic hydroxyl groups excluding tert-OH is 1. The minimum absolute atomic E-state index is 0.0319. The zero-order chi connectivity index (χ0) is 13.8. The van der Waals surface area contributed by atoms with Gasteiger partial charge in [0.15, 0.2) is 0 Å². The molecule has 0 saturated carbocycles. The summed E-state index contributed by atoms with van der Waals surface area (Å²) in [4.78, 5) is 0. The molecule has 1 unspecified atom stereocenters. The maximum Gasteiger partial charge on any atom is 0.0745 e. The Hall–Kier alpha value is -0.360. The number of hydrogen-bond acceptors (Lipinski definition) is 2. The third-order valence-corrected chi connectivity index (χ3v) is 5.12. The van der Waals surface area contributed by atoms with Crippen molar-refractivity contribution in [3.63, 3.8) is 0 Å². The van der Waals surface area contributed by atoms with Crippen LogP contribution >= 0.6 is 47.8 Å². The maximum absolute atomic E-state index is 9.56. The van der Waals surface area contributed by atoms with Crippen LogP contribution in [0.5, 0.6) is 0 Å². The van der Waals surface area contributed by atoms with E-state index in [1.54, 1.807) is 0 Å². The Bertz CT molecular complexity index is 557. The second-order valence-electron chi connectivity index (χ2n) is 4.06. The molecule has 0 aliphatic carbocycles. The van der Waals surface area contributed by atoms with Crippen molar-refractivity contribution >= 4 is 53.5 Å². The van der Waals surface area contributed by atoms with Crippen LogP contribution in [0.25, 0.3) is 0 Å². The molecule has 5 heteroatoms. The number of benzene rings is 2. The van der Waals surface area contributed by atoms with Crippen molar-refractivity contribution in [3.05, 3.63) is 61.4 Å². The smallest absolute Gasteiger partial charge is 0.0745 e. The van der Waals surface area contributed by atoms with Gasteiger partial charge in [-0.3, -0.25) is 0 Å². The second-order valence-corrected chi connectivity index (χ2v) is 6.68. The van der Waals surface area contributed by atoms with E-state index in [1.807, 2.05) is 42.5 Å². The molecule has 0 aliphatic rings. The summed E-state index contributed by atoms with van der Waals surface area (Å²) in [6.45, 7) is 0.0319. The summed E-state index contributed by atoms with van der Waals surface area (Å²) in [5.74, 6) is 0. The zero-order valence-corrected chi connectivity index (χ0v) is 14.7. The van der Waals surface area contributed by atoms with Gasteiger partial charge in [0.2, 0.25) is 0 Å². The summed E-state index contributed by atoms with van der Waals surface area (Å²) in [6, 6.07) is 13.7. The molecular weight excluding hydrogens is 438 g/mol. The van der Waals surface area contributed by atoms with Gasteiger partial charge >= 0.3 is 0 Å². The molecule has 2 aromatic rings. The van der Waals surface area contributed by atoms with Gasteiger partial charge in [-0.15, -0.1) is 0 Å². The van der Waals surface area contributed by atoms with Crippen LogP contribution in [0.15, 0.2) is 55.9 Å². The van der Waals surface area contributed by atoms with Crippen molar-refractivity contribution in [1.29, 1.82) is 0 Å². The third kappa shape index (κ3) is 4.05. The fourth-order valence-corrected chi connectivity index (χ4v) is 2.62. The highest BCUT2D eigenvalue weighted by Gasteiger charge is 2.11. The first kappa shape index (κ1) is 15.0. The van der Waals surface area contributed by atoms with Gasteiger partial charge < -0.3 is 10.4 Å². The van der Waals surface area contributed by atoms with Crippen LogP contribution in [0.3, 0.4) is 0 Å². The number of anilines is 1. The topological polar surface area (TPSA) is 32.3 Å². The molecule has 0 amide bonds. The number of nitrogens with one attached hydrogen (secondary N) is 1. The van der Waals surface area contributed by atoms with Crippen molar-refractivity contribution in [2.75, 3.05) is 11.9 Å². The molecule has 19 heavy (non-hydrogen) atoms. The largest absolute Gasteiger partial charge is 0.394 e. The zero-order valence-electron chi connectivity index (χ0n) is 9.91. The van der Waals surface area contributed by atoms with E-state index in [2.05, 4.69) is 53.1 Å². The Morgan fingerprint density at radius 3 is 2.21 bits per heavy atom. The third-order valence-electron chi connectivity index (χ3n) is 2.71. The molecule has 2 N–H and O–H groups in total. The molecule has 100 valence electrons. The minimum atomic E-state index is -0.134. The fourth-order valence-electron chi connectivity index (χ4n) is 1.71. The van der Waals surface area contributed by atoms with Gasteiger partial charge in [0.1, 0.15) is 0 Å². The lowest BCUT2D eigenvalue weighted by Gasteiger charge is -2.18. The standard InChI is InChI=1S/C14H12Br3NO/c15-10-2-4-11(5-3-10)18-14(8-19)9-1-6-12(16)13(17)7-9/h1-7,14,18-19H,8H2. The van der Waals surface area contributed by atoms with Gasteiger partial charge in [-0.2, -0.15) is 0 Å². The molecule has 2 nitrogen and oxygen atoms in total. The van der Waals surface area contributed by atoms with Gasteiger partial charge in [-0.05, 0) is 73.8 Å². The molecule has 0 saturated heterocycles. The summed E-state index contributed by atoms with van der Waals surface area (Å²) in [6.07, 6.45) is 0. The Balaban J connectivity index is 2.19. The molecule has 2 aromatic carbocycles. The normalized spacial score (nSPS) is 12.2. The number of rotatable bonds is 4. The lowest BCUT2D eigenvalue weighted by atomic mass is 10.1. The molecule has 0 fully saturated rings. The van der Waals surface area contributed by atoms with Gasteiger partial charge in [0, 0.05) is 19.1 Å². The van der Waals surface area contributed by atoms with Crippen molar-refractivity contribution in [2.24, 2.45) is 0 Å². The Morgan fingerprint density at radius 1 is 0.947 bits per heavy atom. The van der Waals surface area contributed by atoms with Gasteiger partial charge in [0.05, 0.1) is 12.6 Å². The summed E-state index contributed by atoms with van der Waals surface area (Å²) in [7, 11) is 0. The highest BCUT2D eigenvalue weighted by molar-refractivity contribution is 9.13. The van der Waals surface area contributed by atoms with Crippen LogP contribution < -0.4 is 5.32 Å².